The average Bonchev–Trinajstić information content (AvgIpc) is 2.32. The van der Waals surface area contributed by atoms with Gasteiger partial charge in [0.25, 0.3) is 0 Å². The van der Waals surface area contributed by atoms with Gasteiger partial charge in [-0.3, -0.25) is 0 Å². The Morgan fingerprint density at radius 3 is 2.31 bits per heavy atom. The Bertz CT molecular complexity index is 339. The van der Waals surface area contributed by atoms with Crippen LogP contribution in [0.2, 0.25) is 0 Å². The maximum Gasteiger partial charge on any atom is 0.172 e. The minimum atomic E-state index is 0.589. The van der Waals surface area contributed by atoms with Crippen LogP contribution in [-0.4, -0.2) is 9.78 Å². The maximum absolute atomic E-state index is 5.09. The quantitative estimate of drug-likeness (QED) is 0.588. The topological polar surface area (TPSA) is 56.2 Å². The number of nitrogens with two attached hydrogens (primary N) is 1. The average molecular weight is 224 g/mol. The third kappa shape index (κ3) is 6.81. The van der Waals surface area contributed by atoms with E-state index in [9.17, 15) is 0 Å². The van der Waals surface area contributed by atoms with Gasteiger partial charge in [0.15, 0.2) is 5.49 Å². The van der Waals surface area contributed by atoms with Crippen LogP contribution in [0, 0.1) is 6.92 Å². The van der Waals surface area contributed by atoms with Gasteiger partial charge in [-0.1, -0.05) is 40.7 Å². The smallest absolute Gasteiger partial charge is 0.172 e. The summed E-state index contributed by atoms with van der Waals surface area (Å²) in [4.78, 5) is 0. The number of nitrogens with zero attached hydrogens (tertiary/aromatic N) is 3. The van der Waals surface area contributed by atoms with Crippen LogP contribution in [0.1, 0.15) is 39.8 Å². The van der Waals surface area contributed by atoms with Crippen LogP contribution in [0.5, 0.6) is 0 Å². The molecule has 4 heteroatoms. The summed E-state index contributed by atoms with van der Waals surface area (Å²) >= 11 is 0. The van der Waals surface area contributed by atoms with E-state index in [1.54, 1.807) is 12.3 Å². The standard InChI is InChI=1S/C7H10N4.C3H8.C2H6/c1-3-11-7(9-8)5-4-6(2)10-11;1-3-2;1-2/h3-5H,1,8H2,2H3;3H2,1-2H3;1-2H3/b9-7-;;. The van der Waals surface area contributed by atoms with E-state index in [0.29, 0.717) is 5.49 Å². The van der Waals surface area contributed by atoms with Crippen molar-refractivity contribution in [3.8, 4) is 0 Å². The molecule has 16 heavy (non-hydrogen) atoms. The van der Waals surface area contributed by atoms with E-state index in [1.807, 2.05) is 26.8 Å². The highest BCUT2D eigenvalue weighted by atomic mass is 15.3. The molecule has 1 aromatic rings. The van der Waals surface area contributed by atoms with E-state index in [-0.39, 0.29) is 0 Å². The molecule has 0 radical (unpaired) electrons. The van der Waals surface area contributed by atoms with Crippen LogP contribution in [0.25, 0.3) is 6.20 Å². The van der Waals surface area contributed by atoms with Crippen molar-refractivity contribution in [2.24, 2.45) is 10.9 Å². The second-order valence-corrected chi connectivity index (χ2v) is 2.80. The Hall–Kier alpha value is -1.58. The van der Waals surface area contributed by atoms with E-state index < -0.39 is 0 Å². The molecule has 0 aliphatic heterocycles. The molecule has 4 nitrogen and oxygen atoms in total. The number of hydrogen-bond donors (Lipinski definition) is 1. The van der Waals surface area contributed by atoms with Gasteiger partial charge < -0.3 is 5.84 Å². The summed E-state index contributed by atoms with van der Waals surface area (Å²) in [6.45, 7) is 13.7. The van der Waals surface area contributed by atoms with Crippen LogP contribution in [-0.2, 0) is 0 Å². The van der Waals surface area contributed by atoms with Crippen molar-refractivity contribution < 1.29 is 0 Å². The molecule has 1 heterocycles. The van der Waals surface area contributed by atoms with Gasteiger partial charge in [0.05, 0.1) is 5.69 Å². The number of hydrogen-bond acceptors (Lipinski definition) is 3. The molecule has 0 aliphatic rings. The summed E-state index contributed by atoms with van der Waals surface area (Å²) in [5.41, 5.74) is 1.49. The van der Waals surface area contributed by atoms with E-state index in [1.165, 1.54) is 11.1 Å². The van der Waals surface area contributed by atoms with E-state index in [0.717, 1.165) is 5.69 Å². The first-order chi connectivity index (χ1) is 7.69. The van der Waals surface area contributed by atoms with Crippen molar-refractivity contribution in [1.29, 1.82) is 0 Å². The third-order valence-electron chi connectivity index (χ3n) is 1.28. The molecule has 0 fully saturated rings. The molecule has 0 atom stereocenters. The fourth-order valence-electron chi connectivity index (χ4n) is 0.763. The SMILES string of the molecule is C=Cn1nc(C)cc/c1=N/N.CC.CCC. The van der Waals surface area contributed by atoms with Gasteiger partial charge >= 0.3 is 0 Å². The first kappa shape index (κ1) is 16.8. The van der Waals surface area contributed by atoms with Crippen molar-refractivity contribution in [3.63, 3.8) is 0 Å². The Morgan fingerprint density at radius 2 is 1.94 bits per heavy atom. The molecule has 0 amide bonds. The number of aromatic nitrogens is 2. The third-order valence-corrected chi connectivity index (χ3v) is 1.28. The molecule has 0 unspecified atom stereocenters. The summed E-state index contributed by atoms with van der Waals surface area (Å²) in [6.07, 6.45) is 2.80. The normalized spacial score (nSPS) is 9.44. The minimum Gasteiger partial charge on any atom is -0.321 e. The van der Waals surface area contributed by atoms with Crippen molar-refractivity contribution >= 4 is 6.20 Å². The van der Waals surface area contributed by atoms with Crippen LogP contribution < -0.4 is 11.3 Å². The highest BCUT2D eigenvalue weighted by Gasteiger charge is 1.89. The van der Waals surface area contributed by atoms with Crippen molar-refractivity contribution in [2.75, 3.05) is 0 Å². The summed E-state index contributed by atoms with van der Waals surface area (Å²) in [5, 5.41) is 7.60. The predicted molar refractivity (Wildman–Crippen MR) is 70.4 cm³/mol. The predicted octanol–water partition coefficient (Wildman–Crippen LogP) is 2.51. The molecule has 0 saturated heterocycles. The highest BCUT2D eigenvalue weighted by molar-refractivity contribution is 5.14. The van der Waals surface area contributed by atoms with Crippen LogP contribution in [0.4, 0.5) is 0 Å². The molecule has 0 aliphatic carbocycles. The van der Waals surface area contributed by atoms with Gasteiger partial charge in [-0.05, 0) is 19.1 Å². The number of rotatable bonds is 1. The molecule has 0 aromatic carbocycles. The molecular weight excluding hydrogens is 200 g/mol. The second-order valence-electron chi connectivity index (χ2n) is 2.80. The lowest BCUT2D eigenvalue weighted by atomic mass is 10.4. The zero-order valence-corrected chi connectivity index (χ0v) is 11.1. The molecule has 2 N–H and O–H groups in total. The molecule has 0 saturated carbocycles. The molecule has 1 aromatic heterocycles. The van der Waals surface area contributed by atoms with Gasteiger partial charge in [0.2, 0.25) is 0 Å². The van der Waals surface area contributed by atoms with Crippen LogP contribution in [0.15, 0.2) is 23.8 Å². The fraction of sp³-hybridized carbons (Fsp3) is 0.500. The Labute approximate surface area is 98.5 Å². The molecular formula is C12H24N4. The van der Waals surface area contributed by atoms with Gasteiger partial charge in [-0.15, -0.1) is 0 Å². The summed E-state index contributed by atoms with van der Waals surface area (Å²) in [5.74, 6) is 5.09. The molecule has 0 spiro atoms. The van der Waals surface area contributed by atoms with Crippen molar-refractivity contribution in [2.45, 2.75) is 41.0 Å². The first-order valence-corrected chi connectivity index (χ1v) is 5.62. The summed E-state index contributed by atoms with van der Waals surface area (Å²) < 4.78 is 1.52. The molecule has 0 bridgehead atoms. The molecule has 1 rings (SSSR count). The summed E-state index contributed by atoms with van der Waals surface area (Å²) in [6, 6.07) is 3.62. The zero-order valence-electron chi connectivity index (χ0n) is 11.1. The highest BCUT2D eigenvalue weighted by Crippen LogP contribution is 1.84. The minimum absolute atomic E-state index is 0.589. The fourth-order valence-corrected chi connectivity index (χ4v) is 0.763. The van der Waals surface area contributed by atoms with Gasteiger partial charge in [0.1, 0.15) is 0 Å². The first-order valence-electron chi connectivity index (χ1n) is 5.62. The lowest BCUT2D eigenvalue weighted by Crippen LogP contribution is -2.20. The van der Waals surface area contributed by atoms with Crippen LogP contribution >= 0.6 is 0 Å². The van der Waals surface area contributed by atoms with Crippen LogP contribution in [0.3, 0.4) is 0 Å². The van der Waals surface area contributed by atoms with E-state index >= 15 is 0 Å². The van der Waals surface area contributed by atoms with Crippen molar-refractivity contribution in [1.82, 2.24) is 9.78 Å². The maximum atomic E-state index is 5.09. The Morgan fingerprint density at radius 1 is 1.44 bits per heavy atom. The monoisotopic (exact) mass is 224 g/mol. The van der Waals surface area contributed by atoms with E-state index in [2.05, 4.69) is 30.6 Å². The van der Waals surface area contributed by atoms with Gasteiger partial charge in [-0.25, -0.2) is 4.68 Å². The van der Waals surface area contributed by atoms with Gasteiger partial charge in [-0.2, -0.15) is 10.2 Å². The zero-order chi connectivity index (χ0) is 13.0. The second kappa shape index (κ2) is 11.5. The Kier molecular flexibility index (Phi) is 12.1. The number of aryl methyl sites for hydroxylation is 1. The van der Waals surface area contributed by atoms with Gasteiger partial charge in [0, 0.05) is 6.20 Å². The Balaban J connectivity index is 0. The lowest BCUT2D eigenvalue weighted by Gasteiger charge is -1.98. The van der Waals surface area contributed by atoms with Crippen molar-refractivity contribution in [3.05, 3.63) is 29.9 Å². The van der Waals surface area contributed by atoms with E-state index in [4.69, 9.17) is 5.84 Å². The lowest BCUT2D eigenvalue weighted by molar-refractivity contribution is 0.793. The molecule has 92 valence electrons. The summed E-state index contributed by atoms with van der Waals surface area (Å²) in [7, 11) is 0. The largest absolute Gasteiger partial charge is 0.321 e.